The second-order valence-electron chi connectivity index (χ2n) is 5.69. The lowest BCUT2D eigenvalue weighted by Crippen LogP contribution is -2.44. The van der Waals surface area contributed by atoms with Crippen LogP contribution < -0.4 is 4.74 Å². The highest BCUT2D eigenvalue weighted by Gasteiger charge is 2.37. The Bertz CT molecular complexity index is 685. The zero-order valence-electron chi connectivity index (χ0n) is 14.3. The van der Waals surface area contributed by atoms with E-state index in [1.165, 1.54) is 32.2 Å². The Balaban J connectivity index is 2.21. The number of ether oxygens (including phenoxy) is 4. The lowest BCUT2D eigenvalue weighted by atomic mass is 10.0. The summed E-state index contributed by atoms with van der Waals surface area (Å²) in [6.07, 6.45) is -2.43. The molecule has 0 amide bonds. The molecule has 142 valence electrons. The van der Waals surface area contributed by atoms with Gasteiger partial charge in [0, 0.05) is 19.8 Å². The van der Waals surface area contributed by atoms with E-state index in [4.69, 9.17) is 19.3 Å². The zero-order chi connectivity index (χ0) is 19.3. The number of rotatable bonds is 6. The van der Waals surface area contributed by atoms with Crippen LogP contribution in [-0.2, 0) is 30.4 Å². The Morgan fingerprint density at radius 1 is 1.27 bits per heavy atom. The summed E-state index contributed by atoms with van der Waals surface area (Å²) in [5, 5.41) is 18.5. The average molecular weight is 368 g/mol. The summed E-state index contributed by atoms with van der Waals surface area (Å²) >= 11 is 0. The van der Waals surface area contributed by atoms with Crippen molar-refractivity contribution < 1.29 is 43.5 Å². The van der Waals surface area contributed by atoms with E-state index in [0.29, 0.717) is 5.56 Å². The Morgan fingerprint density at radius 3 is 2.58 bits per heavy atom. The second kappa shape index (κ2) is 8.63. The largest absolute Gasteiger partial charge is 0.478 e. The van der Waals surface area contributed by atoms with E-state index in [9.17, 15) is 19.5 Å². The molecule has 9 nitrogen and oxygen atoms in total. The number of hydrogen-bond donors (Lipinski definition) is 2. The summed E-state index contributed by atoms with van der Waals surface area (Å²) in [7, 11) is 1.20. The van der Waals surface area contributed by atoms with Gasteiger partial charge in [0.2, 0.25) is 6.29 Å². The van der Waals surface area contributed by atoms with Crippen LogP contribution in [0.15, 0.2) is 18.2 Å². The van der Waals surface area contributed by atoms with E-state index in [1.807, 2.05) is 0 Å². The number of carboxylic acid groups (broad SMARTS) is 1. The first-order chi connectivity index (χ1) is 12.3. The van der Waals surface area contributed by atoms with Gasteiger partial charge in [-0.3, -0.25) is 4.79 Å². The molecule has 0 bridgehead atoms. The highest BCUT2D eigenvalue weighted by molar-refractivity contribution is 5.91. The summed E-state index contributed by atoms with van der Waals surface area (Å²) in [6, 6.07) is 4.18. The number of carboxylic acids is 1. The van der Waals surface area contributed by atoms with Crippen LogP contribution in [-0.4, -0.2) is 53.7 Å². The first-order valence-corrected chi connectivity index (χ1v) is 7.88. The van der Waals surface area contributed by atoms with Crippen LogP contribution in [0.3, 0.4) is 0 Å². The van der Waals surface area contributed by atoms with Crippen molar-refractivity contribution in [2.24, 2.45) is 0 Å². The van der Waals surface area contributed by atoms with Crippen molar-refractivity contribution in [2.45, 2.75) is 44.9 Å². The molecule has 1 aliphatic rings. The Hall–Kier alpha value is -2.65. The molecule has 3 unspecified atom stereocenters. The van der Waals surface area contributed by atoms with Crippen LogP contribution in [0.2, 0.25) is 0 Å². The van der Waals surface area contributed by atoms with Gasteiger partial charge in [-0.1, -0.05) is 6.07 Å². The quantitative estimate of drug-likeness (QED) is 0.703. The minimum absolute atomic E-state index is 0.00629. The Labute approximate surface area is 149 Å². The molecule has 0 spiro atoms. The van der Waals surface area contributed by atoms with Crippen molar-refractivity contribution in [1.82, 2.24) is 0 Å². The van der Waals surface area contributed by atoms with Gasteiger partial charge >= 0.3 is 17.9 Å². The van der Waals surface area contributed by atoms with E-state index in [0.717, 1.165) is 0 Å². The van der Waals surface area contributed by atoms with Gasteiger partial charge in [0.15, 0.2) is 6.10 Å². The summed E-state index contributed by atoms with van der Waals surface area (Å²) in [4.78, 5) is 34.4. The maximum absolute atomic E-state index is 11.8. The van der Waals surface area contributed by atoms with E-state index >= 15 is 0 Å². The Morgan fingerprint density at radius 2 is 2.00 bits per heavy atom. The molecule has 0 saturated carbocycles. The molecule has 1 fully saturated rings. The third kappa shape index (κ3) is 4.93. The van der Waals surface area contributed by atoms with Gasteiger partial charge in [-0.25, -0.2) is 9.59 Å². The number of aliphatic hydroxyl groups excluding tert-OH is 1. The molecule has 2 rings (SSSR count). The number of hydrogen-bond acceptors (Lipinski definition) is 8. The lowest BCUT2D eigenvalue weighted by Gasteiger charge is -2.33. The van der Waals surface area contributed by atoms with Crippen LogP contribution in [0.1, 0.15) is 35.7 Å². The van der Waals surface area contributed by atoms with E-state index in [2.05, 4.69) is 4.74 Å². The van der Waals surface area contributed by atoms with Crippen molar-refractivity contribution in [2.75, 3.05) is 7.11 Å². The molecule has 26 heavy (non-hydrogen) atoms. The lowest BCUT2D eigenvalue weighted by molar-refractivity contribution is -0.204. The maximum atomic E-state index is 11.8. The SMILES string of the molecule is COC(=O)C1CC(OC(C)=O)CC(Oc2ccc(CO)cc2C(=O)O)O1. The minimum Gasteiger partial charge on any atom is -0.478 e. The monoisotopic (exact) mass is 368 g/mol. The van der Waals surface area contributed by atoms with Gasteiger partial charge in [0.1, 0.15) is 17.4 Å². The molecule has 1 saturated heterocycles. The molecular weight excluding hydrogens is 348 g/mol. The minimum atomic E-state index is -1.24. The van der Waals surface area contributed by atoms with Crippen LogP contribution in [0, 0.1) is 0 Å². The number of carbonyl (C=O) groups is 3. The number of carbonyl (C=O) groups excluding carboxylic acids is 2. The fraction of sp³-hybridized carbons (Fsp3) is 0.471. The number of benzene rings is 1. The summed E-state index contributed by atoms with van der Waals surface area (Å²) in [5.41, 5.74) is 0.244. The van der Waals surface area contributed by atoms with E-state index < -0.39 is 36.4 Å². The summed E-state index contributed by atoms with van der Waals surface area (Å²) < 4.78 is 20.9. The van der Waals surface area contributed by atoms with Crippen molar-refractivity contribution in [3.05, 3.63) is 29.3 Å². The van der Waals surface area contributed by atoms with Crippen LogP contribution >= 0.6 is 0 Å². The highest BCUT2D eigenvalue weighted by atomic mass is 16.7. The first-order valence-electron chi connectivity index (χ1n) is 7.88. The van der Waals surface area contributed by atoms with E-state index in [1.54, 1.807) is 0 Å². The number of methoxy groups -OCH3 is 1. The summed E-state index contributed by atoms with van der Waals surface area (Å²) in [6.45, 7) is 0.925. The first kappa shape index (κ1) is 19.7. The third-order valence-electron chi connectivity index (χ3n) is 3.76. The molecule has 0 aliphatic carbocycles. The van der Waals surface area contributed by atoms with Crippen molar-refractivity contribution >= 4 is 17.9 Å². The molecule has 0 aromatic heterocycles. The zero-order valence-corrected chi connectivity index (χ0v) is 14.3. The van der Waals surface area contributed by atoms with Crippen LogP contribution in [0.4, 0.5) is 0 Å². The summed E-state index contributed by atoms with van der Waals surface area (Å²) in [5.74, 6) is -2.40. The normalized spacial score (nSPS) is 22.3. The molecule has 0 radical (unpaired) electrons. The number of esters is 2. The topological polar surface area (TPSA) is 129 Å². The van der Waals surface area contributed by atoms with Gasteiger partial charge in [0.25, 0.3) is 0 Å². The van der Waals surface area contributed by atoms with Crippen LogP contribution in [0.25, 0.3) is 0 Å². The smallest absolute Gasteiger partial charge is 0.339 e. The van der Waals surface area contributed by atoms with Gasteiger partial charge in [-0.05, 0) is 17.7 Å². The third-order valence-corrected chi connectivity index (χ3v) is 3.76. The predicted molar refractivity (Wildman–Crippen MR) is 85.4 cm³/mol. The maximum Gasteiger partial charge on any atom is 0.339 e. The molecule has 2 N–H and O–H groups in total. The molecule has 1 aliphatic heterocycles. The standard InChI is InChI=1S/C17H20O9/c1-9(19)24-11-6-14(17(22)23-2)26-15(7-11)25-13-4-3-10(8-18)5-12(13)16(20)21/h3-5,11,14-15,18H,6-8H2,1-2H3,(H,20,21). The van der Waals surface area contributed by atoms with Crippen molar-refractivity contribution in [1.29, 1.82) is 0 Å². The van der Waals surface area contributed by atoms with Crippen LogP contribution in [0.5, 0.6) is 5.75 Å². The fourth-order valence-corrected chi connectivity index (χ4v) is 2.62. The number of aliphatic hydroxyl groups is 1. The molecule has 1 aromatic carbocycles. The number of aromatic carboxylic acids is 1. The van der Waals surface area contributed by atoms with Gasteiger partial charge < -0.3 is 29.2 Å². The van der Waals surface area contributed by atoms with Gasteiger partial charge in [-0.2, -0.15) is 0 Å². The molecule has 9 heteroatoms. The van der Waals surface area contributed by atoms with Gasteiger partial charge in [0.05, 0.1) is 13.7 Å². The molecule has 3 atom stereocenters. The molecule has 1 heterocycles. The molecular formula is C17H20O9. The van der Waals surface area contributed by atoms with Gasteiger partial charge in [-0.15, -0.1) is 0 Å². The second-order valence-corrected chi connectivity index (χ2v) is 5.69. The van der Waals surface area contributed by atoms with E-state index in [-0.39, 0.29) is 30.8 Å². The average Bonchev–Trinajstić information content (AvgIpc) is 2.60. The predicted octanol–water partition coefficient (Wildman–Crippen LogP) is 0.866. The van der Waals surface area contributed by atoms with Crippen molar-refractivity contribution in [3.8, 4) is 5.75 Å². The molecule has 1 aromatic rings. The Kier molecular flexibility index (Phi) is 6.53. The fourth-order valence-electron chi connectivity index (χ4n) is 2.62. The van der Waals surface area contributed by atoms with Crippen molar-refractivity contribution in [3.63, 3.8) is 0 Å². The highest BCUT2D eigenvalue weighted by Crippen LogP contribution is 2.28.